The van der Waals surface area contributed by atoms with Crippen molar-refractivity contribution in [2.24, 2.45) is 0 Å². The van der Waals surface area contributed by atoms with E-state index in [0.29, 0.717) is 29.4 Å². The first-order chi connectivity index (χ1) is 20.2. The van der Waals surface area contributed by atoms with Crippen molar-refractivity contribution in [2.75, 3.05) is 39.4 Å². The number of rotatable bonds is 11. The van der Waals surface area contributed by atoms with Gasteiger partial charge in [0.05, 0.1) is 45.2 Å². The van der Waals surface area contributed by atoms with Gasteiger partial charge in [0.2, 0.25) is 5.75 Å². The first-order valence-electron chi connectivity index (χ1n) is 12.8. The summed E-state index contributed by atoms with van der Waals surface area (Å²) >= 11 is 0.887. The van der Waals surface area contributed by atoms with Crippen molar-refractivity contribution in [1.29, 1.82) is 0 Å². The molecule has 2 heterocycles. The maximum absolute atomic E-state index is 13.7. The molecular weight excluding hydrogens is 564 g/mol. The Hall–Kier alpha value is -4.84. The molecule has 1 atom stereocenters. The largest absolute Gasteiger partial charge is 0.507 e. The lowest BCUT2D eigenvalue weighted by molar-refractivity contribution is -0.132. The second-order valence-electron chi connectivity index (χ2n) is 8.89. The number of ether oxygens (including phenoxy) is 5. The zero-order valence-electron chi connectivity index (χ0n) is 23.8. The quantitative estimate of drug-likeness (QED) is 0.108. The Morgan fingerprint density at radius 1 is 1.12 bits per heavy atom. The molecule has 0 saturated carbocycles. The topological polar surface area (TPSA) is 134 Å². The van der Waals surface area contributed by atoms with E-state index in [0.717, 1.165) is 16.2 Å². The summed E-state index contributed by atoms with van der Waals surface area (Å²) in [6.07, 6.45) is 1.43. The molecule has 1 unspecified atom stereocenters. The lowest BCUT2D eigenvalue weighted by atomic mass is 9.94. The Bertz CT molecular complexity index is 1550. The van der Waals surface area contributed by atoms with E-state index in [1.54, 1.807) is 43.3 Å². The summed E-state index contributed by atoms with van der Waals surface area (Å²) in [6.45, 7) is 7.33. The first kappa shape index (κ1) is 30.1. The van der Waals surface area contributed by atoms with Crippen molar-refractivity contribution in [1.82, 2.24) is 4.98 Å². The van der Waals surface area contributed by atoms with Gasteiger partial charge in [0.25, 0.3) is 5.78 Å². The zero-order chi connectivity index (χ0) is 30.6. The molecule has 3 aromatic rings. The highest BCUT2D eigenvalue weighted by Crippen LogP contribution is 2.48. The fraction of sp³-hybridized carbons (Fsp3) is 0.267. The van der Waals surface area contributed by atoms with Gasteiger partial charge in [-0.05, 0) is 43.7 Å². The van der Waals surface area contributed by atoms with Crippen molar-refractivity contribution in [3.05, 3.63) is 76.3 Å². The molecule has 1 saturated heterocycles. The molecule has 1 aliphatic rings. The Morgan fingerprint density at radius 2 is 1.81 bits per heavy atom. The predicted octanol–water partition coefficient (Wildman–Crippen LogP) is 4.85. The van der Waals surface area contributed by atoms with E-state index in [1.807, 2.05) is 6.92 Å². The third-order valence-electron chi connectivity index (χ3n) is 6.37. The van der Waals surface area contributed by atoms with Crippen LogP contribution in [0.2, 0.25) is 0 Å². The number of benzene rings is 2. The van der Waals surface area contributed by atoms with E-state index in [-0.39, 0.29) is 39.3 Å². The summed E-state index contributed by atoms with van der Waals surface area (Å²) < 4.78 is 27.2. The third kappa shape index (κ3) is 5.53. The normalized spacial score (nSPS) is 15.8. The number of hydrogen-bond acceptors (Lipinski definition) is 11. The maximum atomic E-state index is 13.7. The van der Waals surface area contributed by atoms with Crippen LogP contribution in [0.5, 0.6) is 23.0 Å². The van der Waals surface area contributed by atoms with E-state index >= 15 is 0 Å². The number of carbonyl (C=O) groups is 3. The number of esters is 1. The number of anilines is 1. The molecule has 12 heteroatoms. The van der Waals surface area contributed by atoms with Crippen LogP contribution in [0.15, 0.2) is 54.6 Å². The number of amides is 1. The molecule has 0 spiro atoms. The number of aliphatic hydroxyl groups excluding tert-OH is 1. The van der Waals surface area contributed by atoms with Gasteiger partial charge in [-0.1, -0.05) is 36.1 Å². The number of nitrogens with zero attached hydrogens (tertiary/aromatic N) is 2. The summed E-state index contributed by atoms with van der Waals surface area (Å²) in [4.78, 5) is 45.7. The van der Waals surface area contributed by atoms with Crippen LogP contribution in [-0.4, -0.2) is 62.3 Å². The van der Waals surface area contributed by atoms with Crippen LogP contribution < -0.4 is 23.8 Å². The molecule has 0 bridgehead atoms. The number of ketones is 1. The fourth-order valence-electron chi connectivity index (χ4n) is 4.53. The number of carbonyl (C=O) groups excluding carboxylic acids is 3. The van der Waals surface area contributed by atoms with Crippen LogP contribution in [0, 0.1) is 6.92 Å². The van der Waals surface area contributed by atoms with Gasteiger partial charge in [-0.3, -0.25) is 14.5 Å². The fourth-order valence-corrected chi connectivity index (χ4v) is 5.52. The second kappa shape index (κ2) is 12.8. The standard InChI is InChI=1S/C30H30N2O9S/c1-7-12-41-29(36)27-16(3)31-30(42-27)32-23(18-14-20(37-4)26(39-6)21(15-18)38-5)22(25(34)28(32)35)24(33)17-10-9-11-19(13-17)40-8-2/h7,9-11,13-15,23,33H,1,8,12H2,2-6H3. The summed E-state index contributed by atoms with van der Waals surface area (Å²) in [7, 11) is 4.31. The maximum Gasteiger partial charge on any atom is 0.350 e. The molecule has 0 radical (unpaired) electrons. The van der Waals surface area contributed by atoms with Gasteiger partial charge in [0.15, 0.2) is 16.6 Å². The third-order valence-corrected chi connectivity index (χ3v) is 7.51. The van der Waals surface area contributed by atoms with Gasteiger partial charge < -0.3 is 28.8 Å². The summed E-state index contributed by atoms with van der Waals surface area (Å²) in [6, 6.07) is 8.51. The lowest BCUT2D eigenvalue weighted by Crippen LogP contribution is -2.29. The van der Waals surface area contributed by atoms with Gasteiger partial charge in [0.1, 0.15) is 23.0 Å². The number of aromatic nitrogens is 1. The summed E-state index contributed by atoms with van der Waals surface area (Å²) in [5.41, 5.74) is 0.723. The van der Waals surface area contributed by atoms with Crippen molar-refractivity contribution < 1.29 is 43.2 Å². The highest BCUT2D eigenvalue weighted by atomic mass is 32.1. The van der Waals surface area contributed by atoms with E-state index < -0.39 is 29.5 Å². The summed E-state index contributed by atoms with van der Waals surface area (Å²) in [5, 5.41) is 11.6. The molecule has 1 N–H and O–H groups in total. The van der Waals surface area contributed by atoms with Gasteiger partial charge in [-0.25, -0.2) is 9.78 Å². The molecule has 0 aliphatic carbocycles. The predicted molar refractivity (Wildman–Crippen MR) is 156 cm³/mol. The molecule has 1 fully saturated rings. The van der Waals surface area contributed by atoms with Crippen molar-refractivity contribution in [2.45, 2.75) is 19.9 Å². The molecule has 11 nitrogen and oxygen atoms in total. The molecular formula is C30H30N2O9S. The monoisotopic (exact) mass is 594 g/mol. The minimum Gasteiger partial charge on any atom is -0.507 e. The molecule has 2 aromatic carbocycles. The number of thiazole rings is 1. The van der Waals surface area contributed by atoms with E-state index in [9.17, 15) is 19.5 Å². The van der Waals surface area contributed by atoms with Crippen LogP contribution in [0.4, 0.5) is 5.13 Å². The Balaban J connectivity index is 1.97. The van der Waals surface area contributed by atoms with E-state index in [1.165, 1.54) is 27.4 Å². The van der Waals surface area contributed by atoms with Gasteiger partial charge in [-0.15, -0.1) is 0 Å². The average Bonchev–Trinajstić information content (AvgIpc) is 3.51. The number of aryl methyl sites for hydroxylation is 1. The smallest absolute Gasteiger partial charge is 0.350 e. The number of hydrogen-bond donors (Lipinski definition) is 1. The van der Waals surface area contributed by atoms with Gasteiger partial charge >= 0.3 is 11.9 Å². The van der Waals surface area contributed by atoms with Crippen molar-refractivity contribution in [3.63, 3.8) is 0 Å². The van der Waals surface area contributed by atoms with Crippen LogP contribution in [-0.2, 0) is 14.3 Å². The highest BCUT2D eigenvalue weighted by molar-refractivity contribution is 7.17. The van der Waals surface area contributed by atoms with Crippen LogP contribution in [0.3, 0.4) is 0 Å². The molecule has 4 rings (SSSR count). The highest BCUT2D eigenvalue weighted by Gasteiger charge is 2.49. The summed E-state index contributed by atoms with van der Waals surface area (Å²) in [5.74, 6) is -1.67. The molecule has 1 amide bonds. The first-order valence-corrected chi connectivity index (χ1v) is 13.6. The van der Waals surface area contributed by atoms with Crippen molar-refractivity contribution >= 4 is 39.9 Å². The minimum atomic E-state index is -1.18. The van der Waals surface area contributed by atoms with Crippen molar-refractivity contribution in [3.8, 4) is 23.0 Å². The van der Waals surface area contributed by atoms with Crippen LogP contribution in [0.1, 0.15) is 39.5 Å². The van der Waals surface area contributed by atoms with Gasteiger partial charge in [-0.2, -0.15) is 0 Å². The van der Waals surface area contributed by atoms with Gasteiger partial charge in [0, 0.05) is 5.56 Å². The Labute approximate surface area is 246 Å². The average molecular weight is 595 g/mol. The van der Waals surface area contributed by atoms with Crippen LogP contribution in [0.25, 0.3) is 5.76 Å². The SMILES string of the molecule is C=CCOC(=O)c1sc(N2C(=O)C(=O)C(=C(O)c3cccc(OCC)c3)C2c2cc(OC)c(OC)c(OC)c2)nc1C. The minimum absolute atomic E-state index is 0.0116. The lowest BCUT2D eigenvalue weighted by Gasteiger charge is -2.24. The molecule has 220 valence electrons. The number of methoxy groups -OCH3 is 3. The van der Waals surface area contributed by atoms with E-state index in [2.05, 4.69) is 11.6 Å². The Kier molecular flexibility index (Phi) is 9.16. The zero-order valence-corrected chi connectivity index (χ0v) is 24.6. The Morgan fingerprint density at radius 3 is 2.40 bits per heavy atom. The second-order valence-corrected chi connectivity index (χ2v) is 9.86. The van der Waals surface area contributed by atoms with E-state index in [4.69, 9.17) is 23.7 Å². The number of Topliss-reactive ketones (excluding diaryl/α,β-unsaturated/α-hetero) is 1. The molecule has 1 aliphatic heterocycles. The molecule has 42 heavy (non-hydrogen) atoms. The molecule has 1 aromatic heterocycles. The number of aliphatic hydroxyl groups is 1. The van der Waals surface area contributed by atoms with Crippen LogP contribution >= 0.6 is 11.3 Å².